The van der Waals surface area contributed by atoms with Gasteiger partial charge in [-0.1, -0.05) is 60.7 Å². The van der Waals surface area contributed by atoms with Gasteiger partial charge in [-0.15, -0.1) is 0 Å². The van der Waals surface area contributed by atoms with Crippen LogP contribution in [0.15, 0.2) is 103 Å². The summed E-state index contributed by atoms with van der Waals surface area (Å²) in [5, 5.41) is 4.19. The molecule has 27 heavy (non-hydrogen) atoms. The number of hydrazine groups is 1. The molecule has 3 nitrogen and oxygen atoms in total. The van der Waals surface area contributed by atoms with Crippen molar-refractivity contribution >= 4 is 33.2 Å². The van der Waals surface area contributed by atoms with Crippen LogP contribution in [0.2, 0.25) is 0 Å². The quantitative estimate of drug-likeness (QED) is 0.330. The molecule has 0 aliphatic rings. The van der Waals surface area contributed by atoms with E-state index in [0.29, 0.717) is 0 Å². The predicted octanol–water partition coefficient (Wildman–Crippen LogP) is 5.80. The second-order valence-corrected chi connectivity index (χ2v) is 6.60. The molecule has 0 saturated carbocycles. The Kier molecular flexibility index (Phi) is 3.66. The molecule has 0 atom stereocenters. The Morgan fingerprint density at radius 1 is 0.556 bits per heavy atom. The third-order valence-electron chi connectivity index (χ3n) is 4.98. The normalized spacial score (nSPS) is 11.1. The van der Waals surface area contributed by atoms with Gasteiger partial charge in [-0.05, 0) is 42.5 Å². The molecule has 0 saturated heterocycles. The first-order valence-electron chi connectivity index (χ1n) is 9.01. The number of anilines is 2. The number of nitrogens with zero attached hydrogens (tertiary/aromatic N) is 2. The molecule has 0 radical (unpaired) electrons. The van der Waals surface area contributed by atoms with Crippen molar-refractivity contribution < 1.29 is 0 Å². The minimum atomic E-state index is 0.952. The van der Waals surface area contributed by atoms with Gasteiger partial charge < -0.3 is 4.57 Å². The number of hydrogen-bond acceptors (Lipinski definition) is 2. The molecule has 0 aliphatic heterocycles. The van der Waals surface area contributed by atoms with Crippen LogP contribution in [0.25, 0.3) is 27.5 Å². The Morgan fingerprint density at radius 2 is 1.19 bits per heavy atom. The predicted molar refractivity (Wildman–Crippen MR) is 114 cm³/mol. The Morgan fingerprint density at radius 3 is 1.96 bits per heavy atom. The summed E-state index contributed by atoms with van der Waals surface area (Å²) in [6.45, 7) is 0. The molecular weight excluding hydrogens is 330 g/mol. The lowest BCUT2D eigenvalue weighted by Gasteiger charge is -2.19. The van der Waals surface area contributed by atoms with Crippen LogP contribution >= 0.6 is 0 Å². The van der Waals surface area contributed by atoms with E-state index in [-0.39, 0.29) is 0 Å². The van der Waals surface area contributed by atoms with Crippen LogP contribution in [0, 0.1) is 0 Å². The summed E-state index contributed by atoms with van der Waals surface area (Å²) in [4.78, 5) is 0. The molecule has 3 heteroatoms. The first-order valence-corrected chi connectivity index (χ1v) is 9.01. The number of aromatic nitrogens is 1. The van der Waals surface area contributed by atoms with Crippen LogP contribution < -0.4 is 10.9 Å². The monoisotopic (exact) mass is 349 g/mol. The highest BCUT2D eigenvalue weighted by Crippen LogP contribution is 2.34. The van der Waals surface area contributed by atoms with Crippen molar-refractivity contribution in [3.8, 4) is 5.69 Å². The van der Waals surface area contributed by atoms with E-state index in [0.717, 1.165) is 22.6 Å². The summed E-state index contributed by atoms with van der Waals surface area (Å²) in [5.41, 5.74) is 5.39. The van der Waals surface area contributed by atoms with Gasteiger partial charge in [-0.25, -0.2) is 5.84 Å². The minimum absolute atomic E-state index is 0.952. The molecule has 130 valence electrons. The highest BCUT2D eigenvalue weighted by molar-refractivity contribution is 6.10. The van der Waals surface area contributed by atoms with Gasteiger partial charge in [0.05, 0.1) is 22.4 Å². The van der Waals surface area contributed by atoms with Gasteiger partial charge in [0.1, 0.15) is 0 Å². The molecule has 1 heterocycles. The van der Waals surface area contributed by atoms with Gasteiger partial charge in [0.25, 0.3) is 0 Å². The van der Waals surface area contributed by atoms with Crippen LogP contribution in [0.5, 0.6) is 0 Å². The van der Waals surface area contributed by atoms with E-state index in [1.807, 2.05) is 36.4 Å². The summed E-state index contributed by atoms with van der Waals surface area (Å²) < 4.78 is 2.30. The van der Waals surface area contributed by atoms with Gasteiger partial charge in [0.2, 0.25) is 0 Å². The molecule has 0 unspecified atom stereocenters. The van der Waals surface area contributed by atoms with Gasteiger partial charge in [-0.2, -0.15) is 0 Å². The van der Waals surface area contributed by atoms with E-state index in [4.69, 9.17) is 5.84 Å². The molecule has 0 bridgehead atoms. The van der Waals surface area contributed by atoms with Crippen molar-refractivity contribution in [2.45, 2.75) is 0 Å². The maximum Gasteiger partial charge on any atom is 0.0596 e. The second kappa shape index (κ2) is 6.31. The third kappa shape index (κ3) is 2.57. The molecule has 5 rings (SSSR count). The number of hydrogen-bond donors (Lipinski definition) is 1. The van der Waals surface area contributed by atoms with Gasteiger partial charge in [0, 0.05) is 16.5 Å². The molecule has 0 spiro atoms. The zero-order chi connectivity index (χ0) is 18.2. The van der Waals surface area contributed by atoms with Crippen molar-refractivity contribution in [3.05, 3.63) is 103 Å². The van der Waals surface area contributed by atoms with E-state index in [2.05, 4.69) is 71.3 Å². The van der Waals surface area contributed by atoms with Crippen LogP contribution in [-0.4, -0.2) is 4.57 Å². The Labute approximate surface area is 157 Å². The average molecular weight is 349 g/mol. The van der Waals surface area contributed by atoms with E-state index >= 15 is 0 Å². The molecular formula is C24H19N3. The van der Waals surface area contributed by atoms with Crippen LogP contribution in [0.4, 0.5) is 11.4 Å². The first kappa shape index (κ1) is 15.7. The van der Waals surface area contributed by atoms with Gasteiger partial charge in [-0.3, -0.25) is 5.01 Å². The van der Waals surface area contributed by atoms with E-state index in [9.17, 15) is 0 Å². The van der Waals surface area contributed by atoms with Gasteiger partial charge in [0.15, 0.2) is 0 Å². The zero-order valence-corrected chi connectivity index (χ0v) is 14.8. The fraction of sp³-hybridized carbons (Fsp3) is 0. The van der Waals surface area contributed by atoms with Crippen LogP contribution in [0.1, 0.15) is 0 Å². The lowest BCUT2D eigenvalue weighted by Crippen LogP contribution is -2.24. The third-order valence-corrected chi connectivity index (χ3v) is 4.98. The highest BCUT2D eigenvalue weighted by atomic mass is 15.4. The van der Waals surface area contributed by atoms with Crippen LogP contribution in [-0.2, 0) is 0 Å². The molecule has 5 aromatic rings. The first-order chi connectivity index (χ1) is 13.3. The van der Waals surface area contributed by atoms with Crippen molar-refractivity contribution in [1.82, 2.24) is 4.57 Å². The lowest BCUT2D eigenvalue weighted by molar-refractivity contribution is 1.09. The number of rotatable bonds is 3. The van der Waals surface area contributed by atoms with Gasteiger partial charge >= 0.3 is 0 Å². The standard InChI is InChI=1S/C24H19N3/c25-27(19-11-5-2-6-12-19)20-15-16-22-21-13-7-8-14-23(21)26(24(22)17-20)18-9-3-1-4-10-18/h1-17H,25H2. The summed E-state index contributed by atoms with van der Waals surface area (Å²) in [6.07, 6.45) is 0. The second-order valence-electron chi connectivity index (χ2n) is 6.60. The number of fused-ring (bicyclic) bond motifs is 3. The number of nitrogens with two attached hydrogens (primary N) is 1. The minimum Gasteiger partial charge on any atom is -0.309 e. The molecule has 0 amide bonds. The molecule has 1 aromatic heterocycles. The summed E-state index contributed by atoms with van der Waals surface area (Å²) >= 11 is 0. The SMILES string of the molecule is NN(c1ccccc1)c1ccc2c3ccccc3n(-c3ccccc3)c2c1. The van der Waals surface area contributed by atoms with Crippen molar-refractivity contribution in [1.29, 1.82) is 0 Å². The highest BCUT2D eigenvalue weighted by Gasteiger charge is 2.14. The Balaban J connectivity index is 1.78. The van der Waals surface area contributed by atoms with E-state index in [1.165, 1.54) is 16.3 Å². The van der Waals surface area contributed by atoms with Crippen molar-refractivity contribution in [2.75, 3.05) is 5.01 Å². The summed E-state index contributed by atoms with van der Waals surface area (Å²) in [7, 11) is 0. The molecule has 2 N–H and O–H groups in total. The fourth-order valence-electron chi connectivity index (χ4n) is 3.70. The number of para-hydroxylation sites is 3. The van der Waals surface area contributed by atoms with Crippen LogP contribution in [0.3, 0.4) is 0 Å². The van der Waals surface area contributed by atoms with E-state index in [1.54, 1.807) is 5.01 Å². The molecule has 4 aromatic carbocycles. The van der Waals surface area contributed by atoms with E-state index < -0.39 is 0 Å². The zero-order valence-electron chi connectivity index (χ0n) is 14.8. The number of benzene rings is 4. The Bertz CT molecular complexity index is 1220. The smallest absolute Gasteiger partial charge is 0.0596 e. The molecule has 0 aliphatic carbocycles. The summed E-state index contributed by atoms with van der Waals surface area (Å²) in [5.74, 6) is 6.41. The topological polar surface area (TPSA) is 34.2 Å². The fourth-order valence-corrected chi connectivity index (χ4v) is 3.70. The van der Waals surface area contributed by atoms with Crippen molar-refractivity contribution in [2.24, 2.45) is 5.84 Å². The molecule has 0 fully saturated rings. The van der Waals surface area contributed by atoms with Crippen molar-refractivity contribution in [3.63, 3.8) is 0 Å². The average Bonchev–Trinajstić information content (AvgIpc) is 3.08. The lowest BCUT2D eigenvalue weighted by atomic mass is 10.1. The Hall–Kier alpha value is -3.56. The maximum absolute atomic E-state index is 6.41. The summed E-state index contributed by atoms with van der Waals surface area (Å²) in [6, 6.07) is 35.4. The maximum atomic E-state index is 6.41. The largest absolute Gasteiger partial charge is 0.309 e.